The van der Waals surface area contributed by atoms with Gasteiger partial charge in [0.2, 0.25) is 5.91 Å². The zero-order valence-electron chi connectivity index (χ0n) is 15.9. The Labute approximate surface area is 167 Å². The molecule has 0 bridgehead atoms. The van der Waals surface area contributed by atoms with E-state index in [0.29, 0.717) is 22.7 Å². The number of carbonyl (C=O) groups is 4. The van der Waals surface area contributed by atoms with Crippen LogP contribution in [0.4, 0.5) is 5.69 Å². The lowest BCUT2D eigenvalue weighted by Gasteiger charge is -2.14. The summed E-state index contributed by atoms with van der Waals surface area (Å²) in [6.07, 6.45) is 0.880. The van der Waals surface area contributed by atoms with Crippen molar-refractivity contribution in [2.24, 2.45) is 11.8 Å². The highest BCUT2D eigenvalue weighted by Crippen LogP contribution is 2.38. The molecule has 7 heteroatoms. The number of rotatable bonds is 6. The van der Waals surface area contributed by atoms with Crippen LogP contribution in [-0.2, 0) is 9.53 Å². The Morgan fingerprint density at radius 3 is 2.34 bits per heavy atom. The van der Waals surface area contributed by atoms with Crippen LogP contribution in [-0.4, -0.2) is 41.7 Å². The number of imide groups is 1. The Kier molecular flexibility index (Phi) is 4.88. The molecule has 148 valence electrons. The molecule has 4 rings (SSSR count). The van der Waals surface area contributed by atoms with E-state index in [2.05, 4.69) is 5.32 Å². The summed E-state index contributed by atoms with van der Waals surface area (Å²) in [4.78, 5) is 50.0. The SMILES string of the molecule is CC1CC1C(=O)Nc1cccc(C(=O)OCCN2C(=O)c3ccccc3C2=O)c1. The molecule has 1 aliphatic carbocycles. The van der Waals surface area contributed by atoms with Crippen molar-refractivity contribution in [1.29, 1.82) is 0 Å². The van der Waals surface area contributed by atoms with E-state index in [0.717, 1.165) is 11.3 Å². The number of nitrogens with one attached hydrogen (secondary N) is 1. The molecule has 1 heterocycles. The summed E-state index contributed by atoms with van der Waals surface area (Å²) < 4.78 is 5.22. The number of anilines is 1. The maximum atomic E-state index is 12.3. The van der Waals surface area contributed by atoms with Gasteiger partial charge in [0.25, 0.3) is 11.8 Å². The number of amides is 3. The fourth-order valence-corrected chi connectivity index (χ4v) is 3.40. The molecule has 1 saturated carbocycles. The van der Waals surface area contributed by atoms with Crippen molar-refractivity contribution in [2.45, 2.75) is 13.3 Å². The summed E-state index contributed by atoms with van der Waals surface area (Å²) in [6, 6.07) is 13.1. The van der Waals surface area contributed by atoms with Crippen LogP contribution < -0.4 is 5.32 Å². The monoisotopic (exact) mass is 392 g/mol. The lowest BCUT2D eigenvalue weighted by Crippen LogP contribution is -2.33. The van der Waals surface area contributed by atoms with Crippen molar-refractivity contribution in [3.63, 3.8) is 0 Å². The van der Waals surface area contributed by atoms with Gasteiger partial charge in [-0.1, -0.05) is 25.1 Å². The fourth-order valence-electron chi connectivity index (χ4n) is 3.40. The van der Waals surface area contributed by atoms with Crippen LogP contribution in [0.5, 0.6) is 0 Å². The number of fused-ring (bicyclic) bond motifs is 1. The molecule has 3 amide bonds. The highest BCUT2D eigenvalue weighted by atomic mass is 16.5. The first-order chi connectivity index (χ1) is 14.0. The minimum atomic E-state index is -0.586. The summed E-state index contributed by atoms with van der Waals surface area (Å²) in [7, 11) is 0. The van der Waals surface area contributed by atoms with E-state index in [-0.39, 0.29) is 42.4 Å². The molecule has 0 saturated heterocycles. The van der Waals surface area contributed by atoms with Crippen LogP contribution in [0.3, 0.4) is 0 Å². The van der Waals surface area contributed by atoms with Crippen molar-refractivity contribution < 1.29 is 23.9 Å². The van der Waals surface area contributed by atoms with Gasteiger partial charge in [-0.05, 0) is 42.7 Å². The van der Waals surface area contributed by atoms with Crippen molar-refractivity contribution >= 4 is 29.4 Å². The van der Waals surface area contributed by atoms with Crippen molar-refractivity contribution in [2.75, 3.05) is 18.5 Å². The first-order valence-corrected chi connectivity index (χ1v) is 9.49. The largest absolute Gasteiger partial charge is 0.460 e. The number of hydrogen-bond donors (Lipinski definition) is 1. The topological polar surface area (TPSA) is 92.8 Å². The van der Waals surface area contributed by atoms with E-state index in [4.69, 9.17) is 4.74 Å². The third-order valence-corrected chi connectivity index (χ3v) is 5.24. The molecular formula is C22H20N2O5. The summed E-state index contributed by atoms with van der Waals surface area (Å²) in [5.41, 5.74) is 1.53. The Morgan fingerprint density at radius 1 is 1.07 bits per heavy atom. The summed E-state index contributed by atoms with van der Waals surface area (Å²) in [5.74, 6) is -0.983. The lowest BCUT2D eigenvalue weighted by molar-refractivity contribution is -0.117. The van der Waals surface area contributed by atoms with Gasteiger partial charge in [0.1, 0.15) is 6.61 Å². The van der Waals surface area contributed by atoms with Gasteiger partial charge in [0, 0.05) is 11.6 Å². The third-order valence-electron chi connectivity index (χ3n) is 5.24. The molecule has 0 aromatic heterocycles. The Hall–Kier alpha value is -3.48. The molecule has 0 spiro atoms. The number of esters is 1. The summed E-state index contributed by atoms with van der Waals surface area (Å²) in [5, 5.41) is 2.81. The Bertz CT molecular complexity index is 981. The van der Waals surface area contributed by atoms with E-state index < -0.39 is 5.97 Å². The molecule has 2 aromatic carbocycles. The maximum Gasteiger partial charge on any atom is 0.338 e. The second kappa shape index (κ2) is 7.50. The van der Waals surface area contributed by atoms with Crippen LogP contribution in [0.2, 0.25) is 0 Å². The second-order valence-electron chi connectivity index (χ2n) is 7.33. The first-order valence-electron chi connectivity index (χ1n) is 9.49. The van der Waals surface area contributed by atoms with Crippen LogP contribution >= 0.6 is 0 Å². The summed E-state index contributed by atoms with van der Waals surface area (Å²) in [6.45, 7) is 1.89. The molecule has 1 N–H and O–H groups in total. The van der Waals surface area contributed by atoms with Crippen molar-refractivity contribution in [3.05, 3.63) is 65.2 Å². The molecule has 1 fully saturated rings. The molecule has 2 aromatic rings. The molecule has 2 aliphatic rings. The molecule has 2 unspecified atom stereocenters. The minimum Gasteiger partial charge on any atom is -0.460 e. The molecule has 2 atom stereocenters. The standard InChI is InChI=1S/C22H20N2O5/c1-13-11-18(13)19(25)23-15-6-4-5-14(12-15)22(28)29-10-9-24-20(26)16-7-2-3-8-17(16)21(24)27/h2-8,12-13,18H,9-11H2,1H3,(H,23,25). The van der Waals surface area contributed by atoms with Crippen LogP contribution in [0, 0.1) is 11.8 Å². The quantitative estimate of drug-likeness (QED) is 0.603. The van der Waals surface area contributed by atoms with E-state index in [1.807, 2.05) is 6.92 Å². The van der Waals surface area contributed by atoms with E-state index in [1.165, 1.54) is 0 Å². The predicted octanol–water partition coefficient (Wildman–Crippen LogP) is 2.73. The smallest absolute Gasteiger partial charge is 0.338 e. The van der Waals surface area contributed by atoms with Gasteiger partial charge in [-0.25, -0.2) is 4.79 Å². The third kappa shape index (κ3) is 3.76. The number of ether oxygens (including phenoxy) is 1. The first kappa shape index (κ1) is 18.9. The minimum absolute atomic E-state index is 0.0198. The summed E-state index contributed by atoms with van der Waals surface area (Å²) >= 11 is 0. The average molecular weight is 392 g/mol. The molecular weight excluding hydrogens is 372 g/mol. The van der Waals surface area contributed by atoms with Crippen molar-refractivity contribution in [3.8, 4) is 0 Å². The van der Waals surface area contributed by atoms with Crippen LogP contribution in [0.25, 0.3) is 0 Å². The fraction of sp³-hybridized carbons (Fsp3) is 0.273. The Morgan fingerprint density at radius 2 is 1.72 bits per heavy atom. The van der Waals surface area contributed by atoms with Crippen molar-refractivity contribution in [1.82, 2.24) is 4.90 Å². The van der Waals surface area contributed by atoms with Gasteiger partial charge in [-0.15, -0.1) is 0 Å². The zero-order valence-corrected chi connectivity index (χ0v) is 15.9. The van der Waals surface area contributed by atoms with Crippen LogP contribution in [0.15, 0.2) is 48.5 Å². The van der Waals surface area contributed by atoms with Gasteiger partial charge in [-0.2, -0.15) is 0 Å². The van der Waals surface area contributed by atoms with E-state index >= 15 is 0 Å². The Balaban J connectivity index is 1.32. The maximum absolute atomic E-state index is 12.3. The van der Waals surface area contributed by atoms with E-state index in [9.17, 15) is 19.2 Å². The highest BCUT2D eigenvalue weighted by molar-refractivity contribution is 6.21. The number of hydrogen-bond acceptors (Lipinski definition) is 5. The predicted molar refractivity (Wildman–Crippen MR) is 104 cm³/mol. The molecule has 7 nitrogen and oxygen atoms in total. The highest BCUT2D eigenvalue weighted by Gasteiger charge is 2.39. The zero-order chi connectivity index (χ0) is 20.5. The van der Waals surface area contributed by atoms with Gasteiger partial charge >= 0.3 is 5.97 Å². The normalized spacial score (nSPS) is 19.7. The van der Waals surface area contributed by atoms with Gasteiger partial charge in [-0.3, -0.25) is 19.3 Å². The lowest BCUT2D eigenvalue weighted by atomic mass is 10.1. The number of carbonyl (C=O) groups excluding carboxylic acids is 4. The van der Waals surface area contributed by atoms with Crippen LogP contribution in [0.1, 0.15) is 44.4 Å². The average Bonchev–Trinajstić information content (AvgIpc) is 3.41. The van der Waals surface area contributed by atoms with Gasteiger partial charge in [0.05, 0.1) is 23.2 Å². The second-order valence-corrected chi connectivity index (χ2v) is 7.33. The molecule has 0 radical (unpaired) electrons. The van der Waals surface area contributed by atoms with Gasteiger partial charge in [0.15, 0.2) is 0 Å². The molecule has 1 aliphatic heterocycles. The number of nitrogens with zero attached hydrogens (tertiary/aromatic N) is 1. The van der Waals surface area contributed by atoms with E-state index in [1.54, 1.807) is 48.5 Å². The molecule has 29 heavy (non-hydrogen) atoms. The van der Waals surface area contributed by atoms with Gasteiger partial charge < -0.3 is 10.1 Å². The number of benzene rings is 2.